The van der Waals surface area contributed by atoms with Crippen LogP contribution < -0.4 is 5.73 Å². The molecular formula is C6H7N. The molecule has 0 aliphatic carbocycles. The number of benzene rings is 1. The van der Waals surface area contributed by atoms with Crippen LogP contribution in [-0.4, -0.2) is 0 Å². The number of hydrogen-bond acceptors (Lipinski definition) is 1. The Balaban J connectivity index is 3.02. The van der Waals surface area contributed by atoms with Gasteiger partial charge in [-0.1, -0.05) is 18.2 Å². The normalized spacial score (nSPS) is 8.57. The summed E-state index contributed by atoms with van der Waals surface area (Å²) in [6, 6.07) is 9.49. The van der Waals surface area contributed by atoms with E-state index in [9.17, 15) is 0 Å². The minimum Gasteiger partial charge on any atom is -0.399 e. The van der Waals surface area contributed by atoms with E-state index in [0.29, 0.717) is 0 Å². The zero-order valence-electron chi connectivity index (χ0n) is 3.96. The number of anilines is 1. The van der Waals surface area contributed by atoms with E-state index < -0.39 is 0 Å². The summed E-state index contributed by atoms with van der Waals surface area (Å²) in [6.07, 6.45) is 0. The van der Waals surface area contributed by atoms with Gasteiger partial charge >= 0.3 is 0 Å². The molecule has 0 saturated carbocycles. The Morgan fingerprint density at radius 3 is 2.57 bits per heavy atom. The Kier molecular flexibility index (Phi) is 0.984. The minimum atomic E-state index is 0.822. The lowest BCUT2D eigenvalue weighted by molar-refractivity contribution is 1.69. The Morgan fingerprint density at radius 1 is 1.43 bits per heavy atom. The zero-order chi connectivity index (χ0) is 5.11. The molecule has 0 amide bonds. The van der Waals surface area contributed by atoms with Gasteiger partial charge in [0.15, 0.2) is 0 Å². The highest BCUT2D eigenvalue weighted by molar-refractivity contribution is 5.35. The Hall–Kier alpha value is -0.980. The monoisotopic (exact) mass is 95.1 g/mol. The minimum absolute atomic E-state index is 0.822. The summed E-state index contributed by atoms with van der Waals surface area (Å²) < 4.78 is 0. The first-order valence-corrected chi connectivity index (χ1v) is 2.20. The summed E-state index contributed by atoms with van der Waals surface area (Å²) in [6.45, 7) is 0. The molecule has 0 radical (unpaired) electrons. The summed E-state index contributed by atoms with van der Waals surface area (Å²) >= 11 is 0. The molecule has 0 bridgehead atoms. The molecule has 1 rings (SSSR count). The maximum Gasteiger partial charge on any atom is 0.0313 e. The van der Waals surface area contributed by atoms with Gasteiger partial charge in [-0.05, 0) is 12.1 Å². The summed E-state index contributed by atoms with van der Waals surface area (Å²) in [4.78, 5) is 0. The van der Waals surface area contributed by atoms with Gasteiger partial charge in [0.1, 0.15) is 0 Å². The third-order valence-corrected chi connectivity index (χ3v) is 0.800. The fourth-order valence-electron chi connectivity index (χ4n) is 0.453. The smallest absolute Gasteiger partial charge is 0.0313 e. The van der Waals surface area contributed by atoms with Gasteiger partial charge in [-0.3, -0.25) is 0 Å². The molecule has 36 valence electrons. The van der Waals surface area contributed by atoms with Gasteiger partial charge in [-0.25, -0.2) is 0 Å². The van der Waals surface area contributed by atoms with Crippen LogP contribution >= 0.6 is 0 Å². The molecule has 0 aromatic heterocycles. The van der Waals surface area contributed by atoms with Crippen LogP contribution in [-0.2, 0) is 0 Å². The topological polar surface area (TPSA) is 26.0 Å². The summed E-state index contributed by atoms with van der Waals surface area (Å²) in [5.41, 5.74) is 6.18. The maximum atomic E-state index is 5.36. The number of hydrogen-bond donors (Lipinski definition) is 1. The predicted molar refractivity (Wildman–Crippen MR) is 30.9 cm³/mol. The van der Waals surface area contributed by atoms with Crippen LogP contribution in [0, 0.1) is 0 Å². The quantitative estimate of drug-likeness (QED) is 0.482. The molecule has 0 aliphatic rings. The van der Waals surface area contributed by atoms with E-state index in [1.54, 1.807) is 0 Å². The SMILES string of the molecule is Nc1cccc[14cH]1. The van der Waals surface area contributed by atoms with Crippen LogP contribution in [0.4, 0.5) is 5.69 Å². The molecule has 0 spiro atoms. The molecule has 0 saturated heterocycles. The van der Waals surface area contributed by atoms with Crippen LogP contribution in [0.15, 0.2) is 30.3 Å². The third kappa shape index (κ3) is 0.929. The van der Waals surface area contributed by atoms with Crippen LogP contribution in [0.1, 0.15) is 0 Å². The number of rotatable bonds is 0. The highest BCUT2D eigenvalue weighted by Crippen LogP contribution is 1.95. The van der Waals surface area contributed by atoms with E-state index in [-0.39, 0.29) is 0 Å². The second kappa shape index (κ2) is 1.65. The van der Waals surface area contributed by atoms with Crippen molar-refractivity contribution >= 4 is 5.69 Å². The fraction of sp³-hybridized carbons (Fsp3) is 0. The average Bonchev–Trinajstić information content (AvgIpc) is 1.69. The van der Waals surface area contributed by atoms with Crippen LogP contribution in [0.5, 0.6) is 0 Å². The highest BCUT2D eigenvalue weighted by Gasteiger charge is 1.72. The molecule has 0 heterocycles. The largest absolute Gasteiger partial charge is 0.399 e. The van der Waals surface area contributed by atoms with E-state index >= 15 is 0 Å². The molecule has 0 aliphatic heterocycles. The van der Waals surface area contributed by atoms with Gasteiger partial charge in [-0.15, -0.1) is 0 Å². The van der Waals surface area contributed by atoms with Crippen molar-refractivity contribution < 1.29 is 0 Å². The first-order chi connectivity index (χ1) is 3.39. The lowest BCUT2D eigenvalue weighted by atomic mass is 10.5. The van der Waals surface area contributed by atoms with Crippen LogP contribution in [0.25, 0.3) is 0 Å². The zero-order valence-corrected chi connectivity index (χ0v) is 3.96. The van der Waals surface area contributed by atoms with Crippen molar-refractivity contribution in [1.82, 2.24) is 0 Å². The number of nitrogen functional groups attached to an aromatic ring is 1. The molecule has 1 nitrogen and oxygen atoms in total. The second-order valence-corrected chi connectivity index (χ2v) is 1.41. The fourth-order valence-corrected chi connectivity index (χ4v) is 0.453. The molecule has 7 heavy (non-hydrogen) atoms. The third-order valence-electron chi connectivity index (χ3n) is 0.800. The Labute approximate surface area is 42.8 Å². The molecule has 2 N–H and O–H groups in total. The van der Waals surface area contributed by atoms with Crippen LogP contribution in [0.3, 0.4) is 0 Å². The number of para-hydroxylation sites is 1. The second-order valence-electron chi connectivity index (χ2n) is 1.41. The van der Waals surface area contributed by atoms with Crippen molar-refractivity contribution in [3.63, 3.8) is 0 Å². The summed E-state index contributed by atoms with van der Waals surface area (Å²) in [7, 11) is 0. The van der Waals surface area contributed by atoms with E-state index in [1.165, 1.54) is 0 Å². The Morgan fingerprint density at radius 2 is 2.29 bits per heavy atom. The first-order valence-electron chi connectivity index (χ1n) is 2.20. The van der Waals surface area contributed by atoms with Gasteiger partial charge in [-0.2, -0.15) is 0 Å². The van der Waals surface area contributed by atoms with Crippen molar-refractivity contribution in [1.29, 1.82) is 0 Å². The van der Waals surface area contributed by atoms with E-state index in [0.717, 1.165) is 5.69 Å². The molecule has 0 fully saturated rings. The van der Waals surface area contributed by atoms with E-state index in [2.05, 4.69) is 0 Å². The standard InChI is InChI=1S/C6H7N/c7-6-4-2-1-3-5-6/h1-5H,7H2/i4+2. The predicted octanol–water partition coefficient (Wildman–Crippen LogP) is 1.27. The molecule has 1 aromatic rings. The number of nitrogens with two attached hydrogens (primary N) is 1. The molecular weight excluding hydrogens is 88.1 g/mol. The lowest BCUT2D eigenvalue weighted by Gasteiger charge is -1.83. The highest BCUT2D eigenvalue weighted by atomic mass is 14.8. The van der Waals surface area contributed by atoms with Gasteiger partial charge < -0.3 is 5.73 Å². The van der Waals surface area contributed by atoms with Crippen LogP contribution in [0.2, 0.25) is 0 Å². The van der Waals surface area contributed by atoms with Gasteiger partial charge in [0.2, 0.25) is 0 Å². The average molecular weight is 95.1 g/mol. The van der Waals surface area contributed by atoms with Crippen molar-refractivity contribution in [2.45, 2.75) is 0 Å². The van der Waals surface area contributed by atoms with Crippen molar-refractivity contribution in [3.8, 4) is 0 Å². The Bertz CT molecular complexity index is 134. The van der Waals surface area contributed by atoms with E-state index in [4.69, 9.17) is 5.73 Å². The molecule has 1 heteroatoms. The molecule has 1 aromatic carbocycles. The molecule has 0 atom stereocenters. The lowest BCUT2D eigenvalue weighted by Crippen LogP contribution is -1.79. The van der Waals surface area contributed by atoms with Gasteiger partial charge in [0.25, 0.3) is 0 Å². The maximum absolute atomic E-state index is 5.36. The van der Waals surface area contributed by atoms with Gasteiger partial charge in [0.05, 0.1) is 0 Å². The van der Waals surface area contributed by atoms with Crippen molar-refractivity contribution in [3.05, 3.63) is 30.3 Å². The van der Waals surface area contributed by atoms with E-state index in [1.807, 2.05) is 30.3 Å². The van der Waals surface area contributed by atoms with Crippen molar-refractivity contribution in [2.24, 2.45) is 0 Å². The summed E-state index contributed by atoms with van der Waals surface area (Å²) in [5, 5.41) is 0. The first kappa shape index (κ1) is 4.19. The summed E-state index contributed by atoms with van der Waals surface area (Å²) in [5.74, 6) is 0. The van der Waals surface area contributed by atoms with Gasteiger partial charge in [0, 0.05) is 5.69 Å². The molecule has 0 unspecified atom stereocenters. The van der Waals surface area contributed by atoms with Crippen molar-refractivity contribution in [2.75, 3.05) is 5.73 Å².